The van der Waals surface area contributed by atoms with Crippen molar-refractivity contribution < 1.29 is 13.0 Å². The van der Waals surface area contributed by atoms with E-state index < -0.39 is 16.4 Å². The molecule has 0 aromatic heterocycles. The fraction of sp³-hybridized carbons (Fsp3) is 0.250. The standard InChI is InChI=1S/C24H27O3PS2/c25-30(26,27)29-21-13-2-1-12-20-28(22-14-6-3-7-15-22,23-16-8-4-9-17-23)24-18-10-5-11-19-24/h3-11,14-19H,1-2,12-13,20-21H2. The second kappa shape index (κ2) is 11.1. The van der Waals surface area contributed by atoms with Gasteiger partial charge < -0.3 is 4.55 Å². The van der Waals surface area contributed by atoms with Crippen molar-refractivity contribution in [1.29, 1.82) is 0 Å². The molecule has 0 heterocycles. The summed E-state index contributed by atoms with van der Waals surface area (Å²) in [6.45, 7) is 0. The third-order valence-electron chi connectivity index (χ3n) is 5.21. The van der Waals surface area contributed by atoms with Gasteiger partial charge in [0.1, 0.15) is 32.3 Å². The quantitative estimate of drug-likeness (QED) is 0.180. The highest BCUT2D eigenvalue weighted by molar-refractivity contribution is 8.69. The summed E-state index contributed by atoms with van der Waals surface area (Å²) in [5, 5.41) is 4.15. The largest absolute Gasteiger partial charge is 0.739 e. The predicted molar refractivity (Wildman–Crippen MR) is 131 cm³/mol. The zero-order valence-corrected chi connectivity index (χ0v) is 19.4. The molecule has 0 fully saturated rings. The van der Waals surface area contributed by atoms with Crippen LogP contribution in [0.25, 0.3) is 0 Å². The molecule has 0 bridgehead atoms. The van der Waals surface area contributed by atoms with E-state index in [1.54, 1.807) is 0 Å². The summed E-state index contributed by atoms with van der Waals surface area (Å²) in [5.41, 5.74) is 0. The molecule has 30 heavy (non-hydrogen) atoms. The Bertz CT molecular complexity index is 898. The van der Waals surface area contributed by atoms with Crippen LogP contribution < -0.4 is 15.9 Å². The molecule has 0 saturated carbocycles. The number of unbranched alkanes of at least 4 members (excludes halogenated alkanes) is 3. The molecular formula is C24H27O3PS2. The Morgan fingerprint density at radius 3 is 1.43 bits per heavy atom. The Hall–Kier alpha value is -1.65. The van der Waals surface area contributed by atoms with Gasteiger partial charge in [-0.25, -0.2) is 8.42 Å². The second-order valence-electron chi connectivity index (χ2n) is 7.18. The van der Waals surface area contributed by atoms with Gasteiger partial charge in [-0.05, 0) is 66.5 Å². The van der Waals surface area contributed by atoms with E-state index in [0.29, 0.717) is 16.5 Å². The van der Waals surface area contributed by atoms with Gasteiger partial charge in [-0.3, -0.25) is 0 Å². The summed E-state index contributed by atoms with van der Waals surface area (Å²) in [4.78, 5) is 0. The van der Waals surface area contributed by atoms with Crippen molar-refractivity contribution in [2.45, 2.75) is 25.7 Å². The van der Waals surface area contributed by atoms with Crippen LogP contribution in [0.3, 0.4) is 0 Å². The van der Waals surface area contributed by atoms with Gasteiger partial charge in [-0.15, -0.1) is 0 Å². The Kier molecular flexibility index (Phi) is 8.52. The molecule has 0 amide bonds. The lowest BCUT2D eigenvalue weighted by molar-refractivity contribution is 0.482. The molecule has 3 nitrogen and oxygen atoms in total. The van der Waals surface area contributed by atoms with E-state index in [2.05, 4.69) is 91.0 Å². The summed E-state index contributed by atoms with van der Waals surface area (Å²) in [6.07, 6.45) is 4.83. The van der Waals surface area contributed by atoms with Crippen LogP contribution in [0.2, 0.25) is 0 Å². The molecule has 3 aromatic carbocycles. The van der Waals surface area contributed by atoms with Crippen LogP contribution in [0.1, 0.15) is 25.7 Å². The number of hydrogen-bond acceptors (Lipinski definition) is 4. The molecule has 0 aliphatic carbocycles. The first-order valence-corrected chi connectivity index (χ1v) is 15.1. The maximum absolute atomic E-state index is 10.7. The Balaban J connectivity index is 1.83. The van der Waals surface area contributed by atoms with E-state index in [1.807, 2.05) is 0 Å². The second-order valence-corrected chi connectivity index (χ2v) is 14.2. The molecule has 0 aliphatic heterocycles. The zero-order chi connectivity index (χ0) is 21.3. The van der Waals surface area contributed by atoms with Crippen molar-refractivity contribution in [3.05, 3.63) is 91.0 Å². The molecule has 0 saturated heterocycles. The van der Waals surface area contributed by atoms with Gasteiger partial charge in [0.2, 0.25) is 0 Å². The maximum atomic E-state index is 10.7. The summed E-state index contributed by atoms with van der Waals surface area (Å²) in [6, 6.07) is 32.4. The monoisotopic (exact) mass is 458 g/mol. The third-order valence-corrected chi connectivity index (χ3v) is 11.8. The smallest absolute Gasteiger partial charge is 0.149 e. The fourth-order valence-electron chi connectivity index (χ4n) is 3.85. The lowest BCUT2D eigenvalue weighted by atomic mass is 10.2. The topological polar surface area (TPSA) is 57.2 Å². The average molecular weight is 459 g/mol. The molecule has 158 valence electrons. The van der Waals surface area contributed by atoms with Crippen molar-refractivity contribution >= 4 is 43.1 Å². The van der Waals surface area contributed by atoms with E-state index in [9.17, 15) is 13.0 Å². The molecule has 0 N–H and O–H groups in total. The minimum Gasteiger partial charge on any atom is -0.739 e. The first-order valence-electron chi connectivity index (χ1n) is 10.2. The highest BCUT2D eigenvalue weighted by Gasteiger charge is 2.44. The van der Waals surface area contributed by atoms with Gasteiger partial charge in [-0.1, -0.05) is 61.0 Å². The van der Waals surface area contributed by atoms with Crippen LogP contribution in [-0.2, 0) is 9.15 Å². The lowest BCUT2D eigenvalue weighted by Gasteiger charge is -2.27. The molecule has 0 unspecified atom stereocenters. The molecule has 0 spiro atoms. The van der Waals surface area contributed by atoms with E-state index >= 15 is 0 Å². The Morgan fingerprint density at radius 1 is 0.633 bits per heavy atom. The van der Waals surface area contributed by atoms with Crippen molar-refractivity contribution in [2.24, 2.45) is 0 Å². The summed E-state index contributed by atoms with van der Waals surface area (Å²) in [7, 11) is -5.45. The van der Waals surface area contributed by atoms with Gasteiger partial charge in [0.05, 0.1) is 6.16 Å². The minimum atomic E-state index is -4.18. The van der Waals surface area contributed by atoms with Gasteiger partial charge >= 0.3 is 0 Å². The molecule has 3 rings (SSSR count). The molecule has 0 radical (unpaired) electrons. The number of hydrogen-bond donors (Lipinski definition) is 0. The lowest BCUT2D eigenvalue weighted by Crippen LogP contribution is -2.33. The van der Waals surface area contributed by atoms with E-state index in [-0.39, 0.29) is 0 Å². The van der Waals surface area contributed by atoms with Gasteiger partial charge in [0.15, 0.2) is 0 Å². The van der Waals surface area contributed by atoms with Crippen molar-refractivity contribution in [1.82, 2.24) is 0 Å². The van der Waals surface area contributed by atoms with Crippen LogP contribution in [0.4, 0.5) is 0 Å². The van der Waals surface area contributed by atoms with Crippen molar-refractivity contribution in [3.8, 4) is 0 Å². The summed E-state index contributed by atoms with van der Waals surface area (Å²) in [5.74, 6) is 0.377. The normalized spacial score (nSPS) is 12.0. The fourth-order valence-corrected chi connectivity index (χ4v) is 9.75. The van der Waals surface area contributed by atoms with E-state index in [1.165, 1.54) is 15.9 Å². The highest BCUT2D eigenvalue weighted by Crippen LogP contribution is 2.55. The first kappa shape index (κ1) is 23.0. The Labute approximate surface area is 184 Å². The van der Waals surface area contributed by atoms with Crippen molar-refractivity contribution in [2.75, 3.05) is 11.9 Å². The molecule has 6 heteroatoms. The molecule has 0 atom stereocenters. The van der Waals surface area contributed by atoms with Crippen LogP contribution in [-0.4, -0.2) is 24.9 Å². The first-order chi connectivity index (χ1) is 14.5. The molecule has 0 aliphatic rings. The zero-order valence-electron chi connectivity index (χ0n) is 16.9. The van der Waals surface area contributed by atoms with Gasteiger partial charge in [0.25, 0.3) is 0 Å². The SMILES string of the molecule is O=S(=O)([O-])SCCCCCC[P+](c1ccccc1)(c1ccccc1)c1ccccc1. The summed E-state index contributed by atoms with van der Waals surface area (Å²) < 4.78 is 32.2. The maximum Gasteiger partial charge on any atom is 0.149 e. The highest BCUT2D eigenvalue weighted by atomic mass is 33.1. The van der Waals surface area contributed by atoms with Crippen LogP contribution in [0.15, 0.2) is 91.0 Å². The van der Waals surface area contributed by atoms with Gasteiger partial charge in [-0.2, -0.15) is 0 Å². The predicted octanol–water partition coefficient (Wildman–Crippen LogP) is 4.73. The molecule has 3 aromatic rings. The average Bonchev–Trinajstić information content (AvgIpc) is 2.77. The minimum absolute atomic E-state index is 0.377. The van der Waals surface area contributed by atoms with Crippen LogP contribution in [0, 0.1) is 0 Å². The summed E-state index contributed by atoms with van der Waals surface area (Å²) >= 11 is 0. The molecular weight excluding hydrogens is 431 g/mol. The van der Waals surface area contributed by atoms with E-state index in [0.717, 1.165) is 31.8 Å². The van der Waals surface area contributed by atoms with Gasteiger partial charge in [0, 0.05) is 5.75 Å². The van der Waals surface area contributed by atoms with Crippen LogP contribution >= 0.6 is 18.1 Å². The van der Waals surface area contributed by atoms with Crippen LogP contribution in [0.5, 0.6) is 0 Å². The third kappa shape index (κ3) is 6.18. The van der Waals surface area contributed by atoms with Crippen molar-refractivity contribution in [3.63, 3.8) is 0 Å². The number of benzene rings is 3. The number of rotatable bonds is 11. The Morgan fingerprint density at radius 2 is 1.03 bits per heavy atom. The van der Waals surface area contributed by atoms with E-state index in [4.69, 9.17) is 0 Å².